The van der Waals surface area contributed by atoms with Crippen LogP contribution in [0.2, 0.25) is 0 Å². The lowest BCUT2D eigenvalue weighted by atomic mass is 10.2. The molecule has 2 aromatic carbocycles. The Balaban J connectivity index is 0.000000557. The number of benzene rings is 2. The van der Waals surface area contributed by atoms with Crippen LogP contribution in [0.15, 0.2) is 36.4 Å². The lowest BCUT2D eigenvalue weighted by Crippen LogP contribution is -2.01. The van der Waals surface area contributed by atoms with Crippen LogP contribution in [0.3, 0.4) is 0 Å². The molecule has 174 valence electrons. The number of ether oxygens (including phenoxy) is 4. The van der Waals surface area contributed by atoms with Crippen molar-refractivity contribution >= 4 is 28.6 Å². The van der Waals surface area contributed by atoms with Gasteiger partial charge < -0.3 is 33.3 Å². The maximum Gasteiger partial charge on any atom is 0.363 e. The molecule has 0 fully saturated rings. The Kier molecular flexibility index (Phi) is 15.2. The highest BCUT2D eigenvalue weighted by Gasteiger charge is 2.10. The van der Waals surface area contributed by atoms with Crippen LogP contribution in [0, 0.1) is 0 Å². The maximum absolute atomic E-state index is 10.7. The number of carbonyl (C=O) groups is 2. The lowest BCUT2D eigenvalue weighted by molar-refractivity contribution is 0.0685. The van der Waals surface area contributed by atoms with Gasteiger partial charge in [0.15, 0.2) is 23.0 Å². The summed E-state index contributed by atoms with van der Waals surface area (Å²) in [7, 11) is 0. The highest BCUT2D eigenvalue weighted by molar-refractivity contribution is 5.95. The second-order valence-corrected chi connectivity index (χ2v) is 5.67. The van der Waals surface area contributed by atoms with Crippen molar-refractivity contribution in [3.63, 3.8) is 0 Å². The molecule has 3 N–H and O–H groups in total. The average molecular weight is 464 g/mol. The van der Waals surface area contributed by atoms with Crippen molar-refractivity contribution in [1.82, 2.24) is 0 Å². The van der Waals surface area contributed by atoms with Gasteiger partial charge in [-0.05, 0) is 64.1 Å². The number of carboxylic acids is 2. The Morgan fingerprint density at radius 2 is 0.906 bits per heavy atom. The van der Waals surface area contributed by atoms with Crippen LogP contribution in [0.25, 0.3) is 0 Å². The molecule has 2 aromatic rings. The fourth-order valence-electron chi connectivity index (χ4n) is 2.37. The Morgan fingerprint density at radius 3 is 1.16 bits per heavy atom. The van der Waals surface area contributed by atoms with Crippen LogP contribution in [-0.4, -0.2) is 69.4 Å². The summed E-state index contributed by atoms with van der Waals surface area (Å²) in [4.78, 5) is 21.5. The SMILES string of the molecule is CCOc1ccc(C(=O)O)cc1OCC.CCOc1ccc(C(=O)O)cc1OCC.[OH][Al]. The van der Waals surface area contributed by atoms with E-state index in [1.54, 1.807) is 12.1 Å². The van der Waals surface area contributed by atoms with Crippen molar-refractivity contribution in [3.8, 4) is 23.0 Å². The van der Waals surface area contributed by atoms with Crippen molar-refractivity contribution in [2.24, 2.45) is 0 Å². The van der Waals surface area contributed by atoms with E-state index in [1.165, 1.54) is 40.9 Å². The van der Waals surface area contributed by atoms with Gasteiger partial charge >= 0.3 is 28.6 Å². The van der Waals surface area contributed by atoms with Gasteiger partial charge in [-0.1, -0.05) is 0 Å². The molecular formula is C22H29AlO9. The molecule has 0 aliphatic carbocycles. The minimum atomic E-state index is -0.973. The zero-order chi connectivity index (χ0) is 24.5. The molecule has 0 atom stereocenters. The van der Waals surface area contributed by atoms with Crippen LogP contribution in [0.1, 0.15) is 48.4 Å². The fourth-order valence-corrected chi connectivity index (χ4v) is 2.37. The molecular weight excluding hydrogens is 435 g/mol. The molecule has 0 heterocycles. The Morgan fingerprint density at radius 1 is 0.625 bits per heavy atom. The molecule has 0 aliphatic rings. The third kappa shape index (κ3) is 9.92. The quantitative estimate of drug-likeness (QED) is 0.453. The first-order valence-corrected chi connectivity index (χ1v) is 10.4. The highest BCUT2D eigenvalue weighted by Crippen LogP contribution is 2.29. The van der Waals surface area contributed by atoms with Crippen molar-refractivity contribution in [2.45, 2.75) is 27.7 Å². The van der Waals surface area contributed by atoms with Gasteiger partial charge in [-0.2, -0.15) is 0 Å². The molecule has 10 heteroatoms. The fraction of sp³-hybridized carbons (Fsp3) is 0.364. The second kappa shape index (κ2) is 16.7. The number of hydrogen-bond donors (Lipinski definition) is 3. The molecule has 0 unspecified atom stereocenters. The highest BCUT2D eigenvalue weighted by atomic mass is 27.1. The van der Waals surface area contributed by atoms with E-state index in [0.29, 0.717) is 49.4 Å². The third-order valence-electron chi connectivity index (χ3n) is 3.58. The number of hydrogen-bond acceptors (Lipinski definition) is 7. The van der Waals surface area contributed by atoms with E-state index in [4.69, 9.17) is 33.3 Å². The molecule has 0 aromatic heterocycles. The molecule has 0 saturated heterocycles. The van der Waals surface area contributed by atoms with E-state index in [9.17, 15) is 9.59 Å². The molecule has 9 nitrogen and oxygen atoms in total. The smallest absolute Gasteiger partial charge is 0.363 e. The zero-order valence-corrected chi connectivity index (χ0v) is 19.8. The van der Waals surface area contributed by atoms with Gasteiger partial charge in [-0.15, -0.1) is 0 Å². The first-order valence-electron chi connectivity index (χ1n) is 9.89. The predicted molar refractivity (Wildman–Crippen MR) is 119 cm³/mol. The minimum absolute atomic E-state index is 0.196. The molecule has 0 spiro atoms. The lowest BCUT2D eigenvalue weighted by Gasteiger charge is -2.10. The van der Waals surface area contributed by atoms with Gasteiger partial charge in [0, 0.05) is 0 Å². The van der Waals surface area contributed by atoms with Crippen molar-refractivity contribution < 1.29 is 42.9 Å². The minimum Gasteiger partial charge on any atom is -0.529 e. The summed E-state index contributed by atoms with van der Waals surface area (Å²) in [6.45, 7) is 9.39. The molecule has 0 saturated carbocycles. The van der Waals surface area contributed by atoms with E-state index < -0.39 is 11.9 Å². The molecule has 0 aliphatic heterocycles. The number of carboxylic acid groups (broad SMARTS) is 2. The zero-order valence-electron chi connectivity index (χ0n) is 18.7. The van der Waals surface area contributed by atoms with Crippen LogP contribution in [0.4, 0.5) is 0 Å². The summed E-state index contributed by atoms with van der Waals surface area (Å²) in [6.07, 6.45) is 0. The van der Waals surface area contributed by atoms with E-state index in [2.05, 4.69) is 0 Å². The number of aromatic carboxylic acids is 2. The van der Waals surface area contributed by atoms with Gasteiger partial charge in [0.25, 0.3) is 0 Å². The monoisotopic (exact) mass is 464 g/mol. The van der Waals surface area contributed by atoms with Crippen molar-refractivity contribution in [1.29, 1.82) is 0 Å². The Hall–Kier alpha value is -2.93. The largest absolute Gasteiger partial charge is 0.529 e. The molecule has 2 rings (SSSR count). The van der Waals surface area contributed by atoms with E-state index in [1.807, 2.05) is 27.7 Å². The molecule has 0 bridgehead atoms. The summed E-state index contributed by atoms with van der Waals surface area (Å²) in [5.74, 6) is 0.144. The van der Waals surface area contributed by atoms with Crippen molar-refractivity contribution in [2.75, 3.05) is 26.4 Å². The molecule has 32 heavy (non-hydrogen) atoms. The van der Waals surface area contributed by atoms with Gasteiger partial charge in [-0.25, -0.2) is 9.59 Å². The normalized spacial score (nSPS) is 9.28. The standard InChI is InChI=1S/2C11H14O4.Al.H2O/c2*1-3-14-9-6-5-8(11(12)13)7-10(9)15-4-2;;/h2*5-7H,3-4H2,1-2H3,(H,12,13);;1H2/q;;+1;/p-1. The molecule has 0 amide bonds. The summed E-state index contributed by atoms with van der Waals surface area (Å²) in [6, 6.07) is 9.15. The van der Waals surface area contributed by atoms with E-state index >= 15 is 0 Å². The van der Waals surface area contributed by atoms with E-state index in [0.717, 1.165) is 0 Å². The first-order chi connectivity index (χ1) is 15.4. The Bertz CT molecular complexity index is 771. The van der Waals surface area contributed by atoms with E-state index in [-0.39, 0.29) is 11.1 Å². The third-order valence-corrected chi connectivity index (χ3v) is 3.58. The topological polar surface area (TPSA) is 132 Å². The molecule has 2 radical (unpaired) electrons. The van der Waals surface area contributed by atoms with Gasteiger partial charge in [-0.3, -0.25) is 0 Å². The maximum atomic E-state index is 10.7. The first kappa shape index (κ1) is 29.1. The van der Waals surface area contributed by atoms with Gasteiger partial charge in [0.1, 0.15) is 0 Å². The van der Waals surface area contributed by atoms with Crippen molar-refractivity contribution in [3.05, 3.63) is 47.5 Å². The van der Waals surface area contributed by atoms with Gasteiger partial charge in [0.05, 0.1) is 37.6 Å². The van der Waals surface area contributed by atoms with Crippen LogP contribution in [0.5, 0.6) is 23.0 Å². The second-order valence-electron chi connectivity index (χ2n) is 5.67. The summed E-state index contributed by atoms with van der Waals surface area (Å²) >= 11 is 1.42. The average Bonchev–Trinajstić information content (AvgIpc) is 2.78. The van der Waals surface area contributed by atoms with Crippen LogP contribution < -0.4 is 18.9 Å². The Labute approximate surface area is 196 Å². The van der Waals surface area contributed by atoms with Crippen LogP contribution in [-0.2, 0) is 0 Å². The van der Waals surface area contributed by atoms with Gasteiger partial charge in [0.2, 0.25) is 0 Å². The summed E-state index contributed by atoms with van der Waals surface area (Å²) in [5, 5.41) is 17.6. The summed E-state index contributed by atoms with van der Waals surface area (Å²) in [5.41, 5.74) is 0.392. The predicted octanol–water partition coefficient (Wildman–Crippen LogP) is 3.43. The van der Waals surface area contributed by atoms with Crippen LogP contribution >= 0.6 is 0 Å². The summed E-state index contributed by atoms with van der Waals surface area (Å²) < 4.78 is 28.1. The number of rotatable bonds is 10.